The fourth-order valence-corrected chi connectivity index (χ4v) is 4.70. The zero-order chi connectivity index (χ0) is 14.5. The van der Waals surface area contributed by atoms with Crippen LogP contribution < -0.4 is 0 Å². The highest BCUT2D eigenvalue weighted by Crippen LogP contribution is 2.40. The van der Waals surface area contributed by atoms with Gasteiger partial charge in [0.15, 0.2) is 0 Å². The first-order valence-electron chi connectivity index (χ1n) is 8.54. The Balaban J connectivity index is 1.62. The van der Waals surface area contributed by atoms with Crippen molar-refractivity contribution in [1.82, 2.24) is 14.9 Å². The molecule has 3 fully saturated rings. The van der Waals surface area contributed by atoms with E-state index < -0.39 is 0 Å². The molecule has 0 aliphatic carbocycles. The first-order valence-corrected chi connectivity index (χ1v) is 9.53. The van der Waals surface area contributed by atoms with Gasteiger partial charge in [-0.05, 0) is 44.0 Å². The van der Waals surface area contributed by atoms with E-state index in [1.807, 2.05) is 24.2 Å². The lowest BCUT2D eigenvalue weighted by Gasteiger charge is -2.44. The van der Waals surface area contributed by atoms with Crippen LogP contribution in [0.3, 0.4) is 0 Å². The molecule has 0 aromatic carbocycles. The molecule has 3 saturated heterocycles. The van der Waals surface area contributed by atoms with Crippen LogP contribution in [0.2, 0.25) is 0 Å². The molecule has 2 bridgehead atoms. The molecule has 1 aromatic rings. The SMILES string of the molecule is CCCCCCSc1nccnc1C1CN2CCC1CC2. The van der Waals surface area contributed by atoms with Gasteiger partial charge in [0.2, 0.25) is 0 Å². The van der Waals surface area contributed by atoms with Gasteiger partial charge in [0, 0.05) is 24.9 Å². The van der Waals surface area contributed by atoms with Crippen molar-refractivity contribution in [3.8, 4) is 0 Å². The van der Waals surface area contributed by atoms with Crippen LogP contribution in [0.15, 0.2) is 17.4 Å². The van der Waals surface area contributed by atoms with E-state index >= 15 is 0 Å². The molecule has 116 valence electrons. The molecule has 0 radical (unpaired) electrons. The van der Waals surface area contributed by atoms with E-state index in [1.54, 1.807) is 0 Å². The number of aromatic nitrogens is 2. The normalized spacial score (nSPS) is 28.0. The van der Waals surface area contributed by atoms with Crippen molar-refractivity contribution in [3.63, 3.8) is 0 Å². The average Bonchev–Trinajstić information content (AvgIpc) is 2.56. The van der Waals surface area contributed by atoms with E-state index in [9.17, 15) is 0 Å². The summed E-state index contributed by atoms with van der Waals surface area (Å²) in [5.41, 5.74) is 1.28. The van der Waals surface area contributed by atoms with Crippen LogP contribution >= 0.6 is 11.8 Å². The Morgan fingerprint density at radius 2 is 1.95 bits per heavy atom. The quantitative estimate of drug-likeness (QED) is 0.563. The van der Waals surface area contributed by atoms with Crippen LogP contribution in [-0.4, -0.2) is 40.3 Å². The Kier molecular flexibility index (Phi) is 5.53. The fraction of sp³-hybridized carbons (Fsp3) is 0.765. The standard InChI is InChI=1S/C17H27N3S/c1-2-3-4-5-12-21-17-16(18-8-9-19-17)15-13-20-10-6-14(15)7-11-20/h8-9,14-15H,2-7,10-13H2,1H3. The second-order valence-corrected chi connectivity index (χ2v) is 7.48. The Bertz CT molecular complexity index is 443. The van der Waals surface area contributed by atoms with Gasteiger partial charge >= 0.3 is 0 Å². The molecule has 3 aliphatic heterocycles. The van der Waals surface area contributed by atoms with Gasteiger partial charge < -0.3 is 4.90 Å². The van der Waals surface area contributed by atoms with Gasteiger partial charge in [0.25, 0.3) is 0 Å². The number of nitrogens with zero attached hydrogens (tertiary/aromatic N) is 3. The second-order valence-electron chi connectivity index (χ2n) is 6.40. The number of hydrogen-bond acceptors (Lipinski definition) is 4. The number of unbranched alkanes of at least 4 members (excludes halogenated alkanes) is 3. The largest absolute Gasteiger partial charge is 0.303 e. The molecule has 1 aromatic heterocycles. The Morgan fingerprint density at radius 1 is 1.14 bits per heavy atom. The summed E-state index contributed by atoms with van der Waals surface area (Å²) in [6.45, 7) is 6.05. The molecule has 1 atom stereocenters. The lowest BCUT2D eigenvalue weighted by molar-refractivity contribution is 0.0840. The first-order chi connectivity index (χ1) is 10.4. The molecule has 1 unspecified atom stereocenters. The van der Waals surface area contributed by atoms with Crippen molar-refractivity contribution in [3.05, 3.63) is 18.1 Å². The van der Waals surface area contributed by atoms with E-state index in [0.717, 1.165) is 5.92 Å². The first kappa shape index (κ1) is 15.3. The molecule has 0 spiro atoms. The lowest BCUT2D eigenvalue weighted by atomic mass is 9.77. The van der Waals surface area contributed by atoms with Gasteiger partial charge in [-0.2, -0.15) is 0 Å². The number of hydrogen-bond donors (Lipinski definition) is 0. The summed E-state index contributed by atoms with van der Waals surface area (Å²) in [7, 11) is 0. The predicted octanol–water partition coefficient (Wildman–Crippen LogP) is 3.96. The minimum Gasteiger partial charge on any atom is -0.303 e. The summed E-state index contributed by atoms with van der Waals surface area (Å²) in [6.07, 6.45) is 11.7. The zero-order valence-corrected chi connectivity index (χ0v) is 13.9. The molecule has 4 heteroatoms. The highest BCUT2D eigenvalue weighted by molar-refractivity contribution is 7.99. The van der Waals surface area contributed by atoms with E-state index in [1.165, 1.54) is 74.6 Å². The molecule has 3 aliphatic rings. The van der Waals surface area contributed by atoms with Gasteiger partial charge in [0.1, 0.15) is 5.03 Å². The summed E-state index contributed by atoms with van der Waals surface area (Å²) >= 11 is 1.93. The van der Waals surface area contributed by atoms with Gasteiger partial charge in [-0.15, -0.1) is 11.8 Å². The summed E-state index contributed by atoms with van der Waals surface area (Å²) in [5, 5.41) is 1.20. The highest BCUT2D eigenvalue weighted by atomic mass is 32.2. The Hall–Kier alpha value is -0.610. The van der Waals surface area contributed by atoms with Gasteiger partial charge in [-0.3, -0.25) is 4.98 Å². The van der Waals surface area contributed by atoms with Gasteiger partial charge in [-0.25, -0.2) is 4.98 Å². The van der Waals surface area contributed by atoms with E-state index in [4.69, 9.17) is 4.98 Å². The van der Waals surface area contributed by atoms with Crippen LogP contribution in [0.5, 0.6) is 0 Å². The summed E-state index contributed by atoms with van der Waals surface area (Å²) in [6, 6.07) is 0. The topological polar surface area (TPSA) is 29.0 Å². The van der Waals surface area contributed by atoms with Gasteiger partial charge in [-0.1, -0.05) is 26.2 Å². The molecule has 4 rings (SSSR count). The maximum atomic E-state index is 4.73. The van der Waals surface area contributed by atoms with E-state index in [0.29, 0.717) is 5.92 Å². The summed E-state index contributed by atoms with van der Waals surface area (Å²) in [5.74, 6) is 2.65. The van der Waals surface area contributed by atoms with Crippen molar-refractivity contribution in [1.29, 1.82) is 0 Å². The number of thioether (sulfide) groups is 1. The van der Waals surface area contributed by atoms with Crippen LogP contribution in [0, 0.1) is 5.92 Å². The van der Waals surface area contributed by atoms with Crippen molar-refractivity contribution < 1.29 is 0 Å². The van der Waals surface area contributed by atoms with E-state index in [2.05, 4.69) is 16.8 Å². The summed E-state index contributed by atoms with van der Waals surface area (Å²) < 4.78 is 0. The number of rotatable bonds is 7. The molecular formula is C17H27N3S. The molecular weight excluding hydrogens is 278 g/mol. The zero-order valence-electron chi connectivity index (χ0n) is 13.1. The molecule has 3 nitrogen and oxygen atoms in total. The van der Waals surface area contributed by atoms with Crippen molar-refractivity contribution >= 4 is 11.8 Å². The Labute approximate surface area is 132 Å². The third-order valence-electron chi connectivity index (χ3n) is 4.94. The van der Waals surface area contributed by atoms with Crippen LogP contribution in [-0.2, 0) is 0 Å². The minimum absolute atomic E-state index is 0.624. The molecule has 0 amide bonds. The predicted molar refractivity (Wildman–Crippen MR) is 88.8 cm³/mol. The van der Waals surface area contributed by atoms with E-state index in [-0.39, 0.29) is 0 Å². The number of piperidine rings is 3. The lowest BCUT2D eigenvalue weighted by Crippen LogP contribution is -2.46. The van der Waals surface area contributed by atoms with Crippen molar-refractivity contribution in [2.75, 3.05) is 25.4 Å². The van der Waals surface area contributed by atoms with Crippen molar-refractivity contribution in [2.24, 2.45) is 5.92 Å². The summed E-state index contributed by atoms with van der Waals surface area (Å²) in [4.78, 5) is 12.0. The third-order valence-corrected chi connectivity index (χ3v) is 6.02. The molecule has 0 N–H and O–H groups in total. The fourth-order valence-electron chi connectivity index (χ4n) is 3.67. The highest BCUT2D eigenvalue weighted by Gasteiger charge is 2.37. The minimum atomic E-state index is 0.624. The third kappa shape index (κ3) is 3.78. The molecule has 4 heterocycles. The van der Waals surface area contributed by atoms with Crippen molar-refractivity contribution in [2.45, 2.75) is 56.4 Å². The maximum Gasteiger partial charge on any atom is 0.118 e. The van der Waals surface area contributed by atoms with Crippen LogP contribution in [0.1, 0.15) is 57.1 Å². The molecule has 0 saturated carbocycles. The monoisotopic (exact) mass is 305 g/mol. The smallest absolute Gasteiger partial charge is 0.118 e. The van der Waals surface area contributed by atoms with Crippen LogP contribution in [0.25, 0.3) is 0 Å². The molecule has 21 heavy (non-hydrogen) atoms. The van der Waals surface area contributed by atoms with Crippen LogP contribution in [0.4, 0.5) is 0 Å². The average molecular weight is 305 g/mol. The second kappa shape index (κ2) is 7.59. The van der Waals surface area contributed by atoms with Gasteiger partial charge in [0.05, 0.1) is 5.69 Å². The Morgan fingerprint density at radius 3 is 2.67 bits per heavy atom. The number of fused-ring (bicyclic) bond motifs is 3. The maximum absolute atomic E-state index is 4.73.